The number of nitrogens with zero attached hydrogens (tertiary/aromatic N) is 6. The second kappa shape index (κ2) is 5.48. The fourth-order valence-electron chi connectivity index (χ4n) is 2.46. The largest absolute Gasteiger partial charge is 0.463 e. The Hall–Kier alpha value is -3.73. The molecule has 0 amide bonds. The van der Waals surface area contributed by atoms with Gasteiger partial charge in [-0.1, -0.05) is 29.5 Å². The predicted octanol–water partition coefficient (Wildman–Crippen LogP) is 2.66. The van der Waals surface area contributed by atoms with Gasteiger partial charge in [-0.2, -0.15) is 4.98 Å². The van der Waals surface area contributed by atoms with Crippen LogP contribution in [0.25, 0.3) is 27.5 Å². The molecule has 0 saturated carbocycles. The fourth-order valence-corrected chi connectivity index (χ4v) is 2.46. The van der Waals surface area contributed by atoms with Crippen LogP contribution >= 0.6 is 0 Å². The molecule has 8 heteroatoms. The van der Waals surface area contributed by atoms with Gasteiger partial charge in [0.1, 0.15) is 5.69 Å². The van der Waals surface area contributed by atoms with E-state index in [0.29, 0.717) is 34.9 Å². The van der Waals surface area contributed by atoms with Gasteiger partial charge in [0, 0.05) is 0 Å². The van der Waals surface area contributed by atoms with Crippen LogP contribution in [0.2, 0.25) is 0 Å². The number of fused-ring (bicyclic) bond motifs is 1. The van der Waals surface area contributed by atoms with Crippen molar-refractivity contribution in [2.24, 2.45) is 0 Å². The first kappa shape index (κ1) is 13.9. The monoisotopic (exact) mass is 317 g/mol. The van der Waals surface area contributed by atoms with Crippen molar-refractivity contribution in [1.82, 2.24) is 25.0 Å². The van der Waals surface area contributed by atoms with Crippen molar-refractivity contribution in [3.63, 3.8) is 0 Å². The Balaban J connectivity index is 1.82. The lowest BCUT2D eigenvalue weighted by atomic mass is 10.2. The molecule has 116 valence electrons. The summed E-state index contributed by atoms with van der Waals surface area (Å²) in [6.45, 7) is 7.52. The number of furan rings is 1. The molecule has 0 atom stereocenters. The first-order chi connectivity index (χ1) is 11.7. The van der Waals surface area contributed by atoms with Gasteiger partial charge in [-0.05, 0) is 17.7 Å². The van der Waals surface area contributed by atoms with Gasteiger partial charge in [-0.3, -0.25) is 0 Å². The molecular weight excluding hydrogens is 306 g/mol. The summed E-state index contributed by atoms with van der Waals surface area (Å²) in [4.78, 5) is 11.9. The number of nitrogens with two attached hydrogens (primary N) is 1. The molecule has 4 aromatic rings. The lowest BCUT2D eigenvalue weighted by Gasteiger charge is -2.04. The number of benzene rings is 1. The molecule has 0 unspecified atom stereocenters. The molecule has 4 rings (SSSR count). The first-order valence-corrected chi connectivity index (χ1v) is 7.11. The molecule has 0 aliphatic carbocycles. The smallest absolute Gasteiger partial charge is 0.222 e. The third-order valence-corrected chi connectivity index (χ3v) is 3.51. The van der Waals surface area contributed by atoms with Gasteiger partial charge in [-0.25, -0.2) is 14.5 Å². The summed E-state index contributed by atoms with van der Waals surface area (Å²) in [6.07, 6.45) is 1.56. The normalized spacial score (nSPS) is 10.8. The van der Waals surface area contributed by atoms with Gasteiger partial charge in [-0.15, -0.1) is 5.10 Å². The van der Waals surface area contributed by atoms with Crippen molar-refractivity contribution in [3.8, 4) is 11.5 Å². The van der Waals surface area contributed by atoms with E-state index in [1.807, 2.05) is 12.1 Å². The van der Waals surface area contributed by atoms with E-state index in [9.17, 15) is 0 Å². The van der Waals surface area contributed by atoms with Crippen LogP contribution in [0.4, 0.5) is 11.6 Å². The number of aromatic nitrogens is 5. The van der Waals surface area contributed by atoms with Crippen LogP contribution in [0, 0.1) is 6.57 Å². The van der Waals surface area contributed by atoms with E-state index in [1.165, 1.54) is 0 Å². The zero-order chi connectivity index (χ0) is 16.5. The third-order valence-electron chi connectivity index (χ3n) is 3.51. The molecule has 0 spiro atoms. The van der Waals surface area contributed by atoms with Crippen LogP contribution in [0.5, 0.6) is 0 Å². The Morgan fingerprint density at radius 2 is 2.12 bits per heavy atom. The Labute approximate surface area is 136 Å². The van der Waals surface area contributed by atoms with Gasteiger partial charge in [0.15, 0.2) is 22.6 Å². The number of hydrogen-bond acceptors (Lipinski definition) is 6. The molecule has 24 heavy (non-hydrogen) atoms. The van der Waals surface area contributed by atoms with E-state index in [1.54, 1.807) is 35.2 Å². The summed E-state index contributed by atoms with van der Waals surface area (Å²) in [5, 5.41) is 8.31. The molecule has 0 fully saturated rings. The molecule has 0 aliphatic rings. The zero-order valence-electron chi connectivity index (χ0n) is 12.4. The number of anilines is 1. The first-order valence-electron chi connectivity index (χ1n) is 7.11. The van der Waals surface area contributed by atoms with Crippen molar-refractivity contribution in [3.05, 3.63) is 59.6 Å². The van der Waals surface area contributed by atoms with E-state index >= 15 is 0 Å². The summed E-state index contributed by atoms with van der Waals surface area (Å²) in [5.41, 5.74) is 8.85. The lowest BCUT2D eigenvalue weighted by Crippen LogP contribution is -2.05. The molecule has 3 heterocycles. The SMILES string of the molecule is [C-]#[N+]c1cccc(Cn2nnc3c(-c4ccco4)nc(N)nc32)c1. The number of hydrogen-bond donors (Lipinski definition) is 1. The topological polar surface area (TPSA) is 100 Å². The summed E-state index contributed by atoms with van der Waals surface area (Å²) in [6, 6.07) is 10.8. The summed E-state index contributed by atoms with van der Waals surface area (Å²) in [5.74, 6) is 0.670. The van der Waals surface area contributed by atoms with Crippen molar-refractivity contribution >= 4 is 22.8 Å². The van der Waals surface area contributed by atoms with E-state index in [2.05, 4.69) is 25.1 Å². The highest BCUT2D eigenvalue weighted by atomic mass is 16.3. The average molecular weight is 317 g/mol. The van der Waals surface area contributed by atoms with Gasteiger partial charge in [0.2, 0.25) is 5.95 Å². The van der Waals surface area contributed by atoms with Crippen LogP contribution in [-0.4, -0.2) is 25.0 Å². The summed E-state index contributed by atoms with van der Waals surface area (Å²) < 4.78 is 7.01. The summed E-state index contributed by atoms with van der Waals surface area (Å²) >= 11 is 0. The summed E-state index contributed by atoms with van der Waals surface area (Å²) in [7, 11) is 0. The second-order valence-corrected chi connectivity index (χ2v) is 5.11. The van der Waals surface area contributed by atoms with E-state index in [-0.39, 0.29) is 5.95 Å². The van der Waals surface area contributed by atoms with Crippen LogP contribution in [-0.2, 0) is 6.54 Å². The molecule has 0 bridgehead atoms. The Kier molecular flexibility index (Phi) is 3.17. The molecular formula is C16H11N7O. The molecule has 0 aliphatic heterocycles. The van der Waals surface area contributed by atoms with Crippen molar-refractivity contribution in [2.45, 2.75) is 6.54 Å². The van der Waals surface area contributed by atoms with E-state index in [0.717, 1.165) is 5.56 Å². The Morgan fingerprint density at radius 3 is 2.92 bits per heavy atom. The lowest BCUT2D eigenvalue weighted by molar-refractivity contribution is 0.580. The van der Waals surface area contributed by atoms with Gasteiger partial charge >= 0.3 is 0 Å². The van der Waals surface area contributed by atoms with Gasteiger partial charge in [0.05, 0.1) is 19.4 Å². The predicted molar refractivity (Wildman–Crippen MR) is 87.0 cm³/mol. The molecule has 0 saturated heterocycles. The average Bonchev–Trinajstić information content (AvgIpc) is 3.25. The quantitative estimate of drug-likeness (QED) is 0.583. The van der Waals surface area contributed by atoms with Crippen molar-refractivity contribution in [1.29, 1.82) is 0 Å². The molecule has 1 aromatic carbocycles. The van der Waals surface area contributed by atoms with Crippen molar-refractivity contribution < 1.29 is 4.42 Å². The minimum atomic E-state index is 0.118. The van der Waals surface area contributed by atoms with Crippen LogP contribution in [0.15, 0.2) is 47.1 Å². The molecule has 8 nitrogen and oxygen atoms in total. The maximum absolute atomic E-state index is 7.10. The maximum Gasteiger partial charge on any atom is 0.222 e. The molecule has 2 N–H and O–H groups in total. The Morgan fingerprint density at radius 1 is 1.21 bits per heavy atom. The third kappa shape index (κ3) is 2.34. The van der Waals surface area contributed by atoms with Gasteiger partial charge < -0.3 is 10.2 Å². The van der Waals surface area contributed by atoms with Crippen LogP contribution in [0.3, 0.4) is 0 Å². The number of nitrogen functional groups attached to an aromatic ring is 1. The highest BCUT2D eigenvalue weighted by Gasteiger charge is 2.17. The maximum atomic E-state index is 7.10. The van der Waals surface area contributed by atoms with E-state index < -0.39 is 0 Å². The minimum absolute atomic E-state index is 0.118. The molecule has 3 aromatic heterocycles. The standard InChI is InChI=1S/C16H11N7O/c1-18-11-5-2-4-10(8-11)9-23-15-14(21-22-23)13(19-16(17)20-15)12-6-3-7-24-12/h2-8H,9H2,(H2,17,19,20). The van der Waals surface area contributed by atoms with Gasteiger partial charge in [0.25, 0.3) is 0 Å². The fraction of sp³-hybridized carbons (Fsp3) is 0.0625. The Bertz CT molecular complexity index is 1060. The second-order valence-electron chi connectivity index (χ2n) is 5.11. The highest BCUT2D eigenvalue weighted by molar-refractivity contribution is 5.85. The van der Waals surface area contributed by atoms with Crippen LogP contribution in [0.1, 0.15) is 5.56 Å². The number of rotatable bonds is 3. The minimum Gasteiger partial charge on any atom is -0.463 e. The van der Waals surface area contributed by atoms with Crippen molar-refractivity contribution in [2.75, 3.05) is 5.73 Å². The highest BCUT2D eigenvalue weighted by Crippen LogP contribution is 2.25. The molecule has 0 radical (unpaired) electrons. The van der Waals surface area contributed by atoms with Crippen LogP contribution < -0.4 is 5.73 Å². The van der Waals surface area contributed by atoms with E-state index in [4.69, 9.17) is 16.7 Å². The zero-order valence-corrected chi connectivity index (χ0v) is 12.4.